The van der Waals surface area contributed by atoms with Crippen molar-refractivity contribution in [3.63, 3.8) is 0 Å². The molecule has 0 saturated carbocycles. The third-order valence-corrected chi connectivity index (χ3v) is 3.53. The number of hydrogen-bond acceptors (Lipinski definition) is 5. The molecule has 0 bridgehead atoms. The van der Waals surface area contributed by atoms with Crippen LogP contribution in [0.2, 0.25) is 0 Å². The van der Waals surface area contributed by atoms with Crippen molar-refractivity contribution >= 4 is 29.9 Å². The molecule has 15 heavy (non-hydrogen) atoms. The van der Waals surface area contributed by atoms with Crippen molar-refractivity contribution in [1.29, 1.82) is 0 Å². The Balaban J connectivity index is 2.84. The summed E-state index contributed by atoms with van der Waals surface area (Å²) in [7, 11) is 0. The van der Waals surface area contributed by atoms with Gasteiger partial charge in [0.05, 0.1) is 0 Å². The number of carbonyl (C=O) groups excluding carboxylic acids is 3. The number of hydrogen-bond donors (Lipinski definition) is 1. The van der Waals surface area contributed by atoms with Gasteiger partial charge in [-0.3, -0.25) is 19.3 Å². The second-order valence-corrected chi connectivity index (χ2v) is 4.96. The first kappa shape index (κ1) is 12.2. The standard InChI is InChI=1S/C9H14N2O3S/c1-9(6-12,15-5-4-10)11-7(13)2-3-8(11)14/h6H,2-5,10H2,1H3. The quantitative estimate of drug-likeness (QED) is 0.520. The highest BCUT2D eigenvalue weighted by molar-refractivity contribution is 8.01. The summed E-state index contributed by atoms with van der Waals surface area (Å²) in [5.74, 6) is -0.0232. The zero-order chi connectivity index (χ0) is 11.5. The van der Waals surface area contributed by atoms with Crippen LogP contribution in [-0.4, -0.2) is 40.2 Å². The molecule has 1 rings (SSSR count). The van der Waals surface area contributed by atoms with Crippen molar-refractivity contribution in [2.45, 2.75) is 24.6 Å². The molecule has 6 heteroatoms. The minimum atomic E-state index is -1.09. The molecule has 0 radical (unpaired) electrons. The van der Waals surface area contributed by atoms with Crippen LogP contribution in [-0.2, 0) is 14.4 Å². The van der Waals surface area contributed by atoms with Crippen molar-refractivity contribution in [1.82, 2.24) is 4.90 Å². The molecule has 1 fully saturated rings. The number of nitrogens with two attached hydrogens (primary N) is 1. The van der Waals surface area contributed by atoms with E-state index in [0.29, 0.717) is 18.6 Å². The van der Waals surface area contributed by atoms with Crippen LogP contribution in [0.15, 0.2) is 0 Å². The summed E-state index contributed by atoms with van der Waals surface area (Å²) in [6.45, 7) is 1.98. The lowest BCUT2D eigenvalue weighted by atomic mass is 10.3. The van der Waals surface area contributed by atoms with E-state index in [-0.39, 0.29) is 24.7 Å². The number of amides is 2. The van der Waals surface area contributed by atoms with Crippen molar-refractivity contribution in [2.24, 2.45) is 5.73 Å². The molecule has 1 unspecified atom stereocenters. The maximum absolute atomic E-state index is 11.5. The number of rotatable bonds is 5. The molecular formula is C9H14N2O3S. The van der Waals surface area contributed by atoms with E-state index in [4.69, 9.17) is 5.73 Å². The molecular weight excluding hydrogens is 216 g/mol. The van der Waals surface area contributed by atoms with E-state index in [2.05, 4.69) is 0 Å². The highest BCUT2D eigenvalue weighted by atomic mass is 32.2. The number of imide groups is 1. The number of aldehydes is 1. The fourth-order valence-corrected chi connectivity index (χ4v) is 2.42. The van der Waals surface area contributed by atoms with Crippen LogP contribution in [0.5, 0.6) is 0 Å². The van der Waals surface area contributed by atoms with Crippen molar-refractivity contribution in [3.8, 4) is 0 Å². The Hall–Kier alpha value is -0.880. The topological polar surface area (TPSA) is 80.5 Å². The summed E-state index contributed by atoms with van der Waals surface area (Å²) >= 11 is 1.22. The van der Waals surface area contributed by atoms with E-state index < -0.39 is 4.87 Å². The molecule has 1 aliphatic heterocycles. The molecule has 0 aliphatic carbocycles. The molecule has 2 N–H and O–H groups in total. The van der Waals surface area contributed by atoms with Gasteiger partial charge in [0.25, 0.3) is 0 Å². The predicted octanol–water partition coefficient (Wildman–Crippen LogP) is -0.258. The summed E-state index contributed by atoms with van der Waals surface area (Å²) in [5, 5.41) is 0. The van der Waals surface area contributed by atoms with E-state index >= 15 is 0 Å². The fourth-order valence-electron chi connectivity index (χ4n) is 1.49. The Morgan fingerprint density at radius 2 is 2.00 bits per heavy atom. The summed E-state index contributed by atoms with van der Waals surface area (Å²) in [5.41, 5.74) is 5.33. The van der Waals surface area contributed by atoms with Crippen LogP contribution < -0.4 is 5.73 Å². The molecule has 1 saturated heterocycles. The normalized spacial score (nSPS) is 20.5. The molecule has 1 atom stereocenters. The monoisotopic (exact) mass is 230 g/mol. The van der Waals surface area contributed by atoms with Gasteiger partial charge in [-0.25, -0.2) is 0 Å². The van der Waals surface area contributed by atoms with E-state index in [1.165, 1.54) is 11.8 Å². The molecule has 0 aromatic heterocycles. The van der Waals surface area contributed by atoms with Crippen LogP contribution in [0.3, 0.4) is 0 Å². The average Bonchev–Trinajstić information content (AvgIpc) is 2.56. The highest BCUT2D eigenvalue weighted by Gasteiger charge is 2.43. The first-order valence-electron chi connectivity index (χ1n) is 4.71. The van der Waals surface area contributed by atoms with Gasteiger partial charge < -0.3 is 5.73 Å². The highest BCUT2D eigenvalue weighted by Crippen LogP contribution is 2.31. The van der Waals surface area contributed by atoms with Gasteiger partial charge in [-0.15, -0.1) is 11.8 Å². The van der Waals surface area contributed by atoms with Gasteiger partial charge in [0.1, 0.15) is 4.87 Å². The van der Waals surface area contributed by atoms with Crippen LogP contribution in [0.25, 0.3) is 0 Å². The summed E-state index contributed by atoms with van der Waals surface area (Å²) in [4.78, 5) is 33.9. The lowest BCUT2D eigenvalue weighted by molar-refractivity contribution is -0.144. The third kappa shape index (κ3) is 2.38. The fraction of sp³-hybridized carbons (Fsp3) is 0.667. The number of nitrogens with zero attached hydrogens (tertiary/aromatic N) is 1. The Kier molecular flexibility index (Phi) is 3.87. The summed E-state index contributed by atoms with van der Waals surface area (Å²) < 4.78 is 0. The average molecular weight is 230 g/mol. The lowest BCUT2D eigenvalue weighted by Crippen LogP contribution is -2.48. The SMILES string of the molecule is CC(C=O)(SCCN)N1C(=O)CCC1=O. The number of likely N-dealkylation sites (tertiary alicyclic amines) is 1. The molecule has 0 aromatic rings. The van der Waals surface area contributed by atoms with Gasteiger partial charge in [-0.2, -0.15) is 0 Å². The van der Waals surface area contributed by atoms with E-state index in [9.17, 15) is 14.4 Å². The lowest BCUT2D eigenvalue weighted by Gasteiger charge is -2.31. The minimum Gasteiger partial charge on any atom is -0.330 e. The van der Waals surface area contributed by atoms with Gasteiger partial charge in [-0.1, -0.05) is 0 Å². The van der Waals surface area contributed by atoms with E-state index in [1.54, 1.807) is 6.92 Å². The smallest absolute Gasteiger partial charge is 0.231 e. The Morgan fingerprint density at radius 1 is 1.47 bits per heavy atom. The van der Waals surface area contributed by atoms with Gasteiger partial charge in [0.2, 0.25) is 11.8 Å². The van der Waals surface area contributed by atoms with Crippen molar-refractivity contribution < 1.29 is 14.4 Å². The Bertz CT molecular complexity index is 279. The molecule has 2 amide bonds. The van der Waals surface area contributed by atoms with Crippen LogP contribution >= 0.6 is 11.8 Å². The second-order valence-electron chi connectivity index (χ2n) is 3.43. The largest absolute Gasteiger partial charge is 0.330 e. The first-order chi connectivity index (χ1) is 7.05. The molecule has 0 spiro atoms. The van der Waals surface area contributed by atoms with Gasteiger partial charge in [-0.05, 0) is 6.92 Å². The third-order valence-electron chi connectivity index (χ3n) is 2.23. The molecule has 1 heterocycles. The van der Waals surface area contributed by atoms with Crippen LogP contribution in [0, 0.1) is 0 Å². The minimum absolute atomic E-state index is 0.200. The Morgan fingerprint density at radius 3 is 2.40 bits per heavy atom. The molecule has 84 valence electrons. The molecule has 1 aliphatic rings. The van der Waals surface area contributed by atoms with Crippen molar-refractivity contribution in [2.75, 3.05) is 12.3 Å². The zero-order valence-corrected chi connectivity index (χ0v) is 9.38. The van der Waals surface area contributed by atoms with Gasteiger partial charge in [0, 0.05) is 25.1 Å². The number of carbonyl (C=O) groups is 3. The number of thioether (sulfide) groups is 1. The molecule has 0 aromatic carbocycles. The van der Waals surface area contributed by atoms with Crippen LogP contribution in [0.4, 0.5) is 0 Å². The van der Waals surface area contributed by atoms with E-state index in [1.807, 2.05) is 0 Å². The first-order valence-corrected chi connectivity index (χ1v) is 5.70. The van der Waals surface area contributed by atoms with Crippen LogP contribution in [0.1, 0.15) is 19.8 Å². The maximum Gasteiger partial charge on any atom is 0.231 e. The summed E-state index contributed by atoms with van der Waals surface area (Å²) in [6, 6.07) is 0. The molecule has 5 nitrogen and oxygen atoms in total. The predicted molar refractivity (Wildman–Crippen MR) is 57.1 cm³/mol. The summed E-state index contributed by atoms with van der Waals surface area (Å²) in [6.07, 6.45) is 1.03. The zero-order valence-electron chi connectivity index (χ0n) is 8.56. The van der Waals surface area contributed by atoms with Crippen molar-refractivity contribution in [3.05, 3.63) is 0 Å². The van der Waals surface area contributed by atoms with E-state index in [0.717, 1.165) is 4.90 Å². The van der Waals surface area contributed by atoms with Gasteiger partial charge >= 0.3 is 0 Å². The maximum atomic E-state index is 11.5. The van der Waals surface area contributed by atoms with Gasteiger partial charge in [0.15, 0.2) is 6.29 Å². The second kappa shape index (κ2) is 4.76. The Labute approximate surface area is 92.4 Å².